The molecule has 0 radical (unpaired) electrons. The van der Waals surface area contributed by atoms with E-state index in [1.165, 1.54) is 0 Å². The number of hydrogen-bond donors (Lipinski definition) is 3. The lowest BCUT2D eigenvalue weighted by Crippen LogP contribution is -2.37. The van der Waals surface area contributed by atoms with Crippen LogP contribution in [0, 0.1) is 5.41 Å². The van der Waals surface area contributed by atoms with Gasteiger partial charge in [-0.1, -0.05) is 0 Å². The minimum atomic E-state index is -0.827. The summed E-state index contributed by atoms with van der Waals surface area (Å²) >= 11 is 0. The maximum Gasteiger partial charge on any atom is 0.124 e. The van der Waals surface area contributed by atoms with Crippen molar-refractivity contribution in [3.8, 4) is 5.75 Å². The predicted molar refractivity (Wildman–Crippen MR) is 73.6 cm³/mol. The second kappa shape index (κ2) is 5.27. The number of hydrogen-bond acceptors (Lipinski definition) is 4. The average molecular weight is 251 g/mol. The topological polar surface area (TPSA) is 82.6 Å². The molecule has 1 aromatic carbocycles. The van der Waals surface area contributed by atoms with E-state index in [2.05, 4.69) is 0 Å². The number of aliphatic hydroxyl groups is 1. The molecule has 5 heteroatoms. The molecule has 0 fully saturated rings. The average Bonchev–Trinajstić information content (AvgIpc) is 2.25. The molecule has 1 aromatic rings. The first-order chi connectivity index (χ1) is 8.24. The van der Waals surface area contributed by atoms with Crippen molar-refractivity contribution in [2.75, 3.05) is 25.6 Å². The Hall–Kier alpha value is -1.75. The molecule has 0 aliphatic rings. The van der Waals surface area contributed by atoms with E-state index in [-0.39, 0.29) is 5.84 Å². The number of likely N-dealkylation sites (N-methyl/N-ethyl adjacent to an activating group) is 1. The largest absolute Gasteiger partial charge is 0.497 e. The van der Waals surface area contributed by atoms with E-state index in [1.807, 2.05) is 18.0 Å². The Morgan fingerprint density at radius 1 is 1.50 bits per heavy atom. The first-order valence-electron chi connectivity index (χ1n) is 5.70. The Bertz CT molecular complexity index is 438. The van der Waals surface area contributed by atoms with E-state index in [4.69, 9.17) is 15.9 Å². The van der Waals surface area contributed by atoms with Gasteiger partial charge in [0.15, 0.2) is 0 Å². The van der Waals surface area contributed by atoms with E-state index in [0.717, 1.165) is 5.69 Å². The molecule has 0 saturated carbocycles. The van der Waals surface area contributed by atoms with Gasteiger partial charge in [-0.3, -0.25) is 5.41 Å². The third-order valence-corrected chi connectivity index (χ3v) is 2.53. The maximum absolute atomic E-state index is 9.85. The molecule has 0 bridgehead atoms. The van der Waals surface area contributed by atoms with Crippen LogP contribution in [0.4, 0.5) is 5.69 Å². The second-order valence-corrected chi connectivity index (χ2v) is 4.97. The van der Waals surface area contributed by atoms with Gasteiger partial charge in [0.25, 0.3) is 0 Å². The Morgan fingerprint density at radius 2 is 2.11 bits per heavy atom. The van der Waals surface area contributed by atoms with Gasteiger partial charge in [-0.15, -0.1) is 0 Å². The second-order valence-electron chi connectivity index (χ2n) is 4.97. The number of ether oxygens (including phenoxy) is 1. The maximum atomic E-state index is 9.85. The minimum Gasteiger partial charge on any atom is -0.497 e. The molecule has 0 amide bonds. The van der Waals surface area contributed by atoms with Gasteiger partial charge >= 0.3 is 0 Å². The lowest BCUT2D eigenvalue weighted by atomic mass is 10.1. The van der Waals surface area contributed by atoms with Gasteiger partial charge in [-0.05, 0) is 26.0 Å². The van der Waals surface area contributed by atoms with Crippen molar-refractivity contribution in [2.24, 2.45) is 5.73 Å². The molecule has 0 unspecified atom stereocenters. The van der Waals surface area contributed by atoms with E-state index in [9.17, 15) is 5.11 Å². The molecule has 0 heterocycles. The SMILES string of the molecule is COc1ccc(C(=N)N)c(N(C)CC(C)(C)O)c1. The van der Waals surface area contributed by atoms with Gasteiger partial charge in [-0.25, -0.2) is 0 Å². The summed E-state index contributed by atoms with van der Waals surface area (Å²) in [5.74, 6) is 0.688. The zero-order valence-electron chi connectivity index (χ0n) is 11.3. The molecule has 1 rings (SSSR count). The number of anilines is 1. The molecule has 0 spiro atoms. The summed E-state index contributed by atoms with van der Waals surface area (Å²) in [6.45, 7) is 3.90. The number of methoxy groups -OCH3 is 1. The van der Waals surface area contributed by atoms with Gasteiger partial charge in [0.2, 0.25) is 0 Å². The van der Waals surface area contributed by atoms with Crippen molar-refractivity contribution in [1.29, 1.82) is 5.41 Å². The minimum absolute atomic E-state index is 0.00440. The first kappa shape index (κ1) is 14.3. The number of nitrogen functional groups attached to an aromatic ring is 1. The van der Waals surface area contributed by atoms with Crippen molar-refractivity contribution >= 4 is 11.5 Å². The third kappa shape index (κ3) is 3.63. The highest BCUT2D eigenvalue weighted by Crippen LogP contribution is 2.26. The standard InChI is InChI=1S/C13H21N3O2/c1-13(2,17)8-16(3)11-7-9(18-4)5-6-10(11)12(14)15/h5-7,17H,8H2,1-4H3,(H3,14,15). The summed E-state index contributed by atoms with van der Waals surface area (Å²) < 4.78 is 5.17. The lowest BCUT2D eigenvalue weighted by molar-refractivity contribution is 0.0886. The molecule has 0 aromatic heterocycles. The number of benzene rings is 1. The molecule has 0 aliphatic carbocycles. The molecule has 0 atom stereocenters. The Labute approximate surface area is 108 Å². The van der Waals surface area contributed by atoms with Crippen molar-refractivity contribution in [2.45, 2.75) is 19.4 Å². The summed E-state index contributed by atoms with van der Waals surface area (Å²) in [5, 5.41) is 17.4. The smallest absolute Gasteiger partial charge is 0.124 e. The van der Waals surface area contributed by atoms with Crippen molar-refractivity contribution in [3.63, 3.8) is 0 Å². The zero-order valence-corrected chi connectivity index (χ0v) is 11.3. The first-order valence-corrected chi connectivity index (χ1v) is 5.70. The number of nitrogens with two attached hydrogens (primary N) is 1. The van der Waals surface area contributed by atoms with Crippen LogP contribution in [0.15, 0.2) is 18.2 Å². The molecular weight excluding hydrogens is 230 g/mol. The summed E-state index contributed by atoms with van der Waals surface area (Å²) in [7, 11) is 3.43. The van der Waals surface area contributed by atoms with Gasteiger partial charge in [0, 0.05) is 25.2 Å². The van der Waals surface area contributed by atoms with Gasteiger partial charge in [-0.2, -0.15) is 0 Å². The van der Waals surface area contributed by atoms with E-state index in [1.54, 1.807) is 33.1 Å². The highest BCUT2D eigenvalue weighted by Gasteiger charge is 2.19. The molecule has 18 heavy (non-hydrogen) atoms. The van der Waals surface area contributed by atoms with Crippen LogP contribution in [0.2, 0.25) is 0 Å². The van der Waals surface area contributed by atoms with Crippen LogP contribution in [-0.4, -0.2) is 37.2 Å². The van der Waals surface area contributed by atoms with Crippen molar-refractivity contribution in [3.05, 3.63) is 23.8 Å². The predicted octanol–water partition coefficient (Wildman–Crippen LogP) is 1.19. The van der Waals surface area contributed by atoms with Crippen LogP contribution >= 0.6 is 0 Å². The van der Waals surface area contributed by atoms with E-state index in [0.29, 0.717) is 17.9 Å². The normalized spacial score (nSPS) is 11.2. The molecule has 4 N–H and O–H groups in total. The van der Waals surface area contributed by atoms with Crippen LogP contribution in [0.1, 0.15) is 19.4 Å². The van der Waals surface area contributed by atoms with Gasteiger partial charge in [0.05, 0.1) is 18.4 Å². The highest BCUT2D eigenvalue weighted by atomic mass is 16.5. The van der Waals surface area contributed by atoms with E-state index >= 15 is 0 Å². The van der Waals surface area contributed by atoms with Crippen LogP contribution in [0.5, 0.6) is 5.75 Å². The van der Waals surface area contributed by atoms with Crippen LogP contribution in [0.3, 0.4) is 0 Å². The zero-order chi connectivity index (χ0) is 13.9. The monoisotopic (exact) mass is 251 g/mol. The number of nitrogens with one attached hydrogen (secondary N) is 1. The summed E-state index contributed by atoms with van der Waals surface area (Å²) in [4.78, 5) is 1.86. The molecule has 0 aliphatic heterocycles. The summed E-state index contributed by atoms with van der Waals surface area (Å²) in [6, 6.07) is 5.32. The molecule has 100 valence electrons. The Kier molecular flexibility index (Phi) is 4.19. The molecule has 0 saturated heterocycles. The van der Waals surface area contributed by atoms with Crippen LogP contribution in [0.25, 0.3) is 0 Å². The van der Waals surface area contributed by atoms with Crippen LogP contribution < -0.4 is 15.4 Å². The molecule has 5 nitrogen and oxygen atoms in total. The quantitative estimate of drug-likeness (QED) is 0.542. The number of rotatable bonds is 5. The molecular formula is C13H21N3O2. The Morgan fingerprint density at radius 3 is 2.56 bits per heavy atom. The van der Waals surface area contributed by atoms with E-state index < -0.39 is 5.60 Å². The number of nitrogens with zero attached hydrogens (tertiary/aromatic N) is 1. The van der Waals surface area contributed by atoms with Gasteiger partial charge in [0.1, 0.15) is 11.6 Å². The fourth-order valence-corrected chi connectivity index (χ4v) is 1.85. The fraction of sp³-hybridized carbons (Fsp3) is 0.462. The van der Waals surface area contributed by atoms with Crippen LogP contribution in [-0.2, 0) is 0 Å². The summed E-state index contributed by atoms with van der Waals surface area (Å²) in [6.07, 6.45) is 0. The number of amidine groups is 1. The van der Waals surface area contributed by atoms with Crippen molar-refractivity contribution < 1.29 is 9.84 Å². The Balaban J connectivity index is 3.14. The lowest BCUT2D eigenvalue weighted by Gasteiger charge is -2.29. The highest BCUT2D eigenvalue weighted by molar-refractivity contribution is 6.00. The summed E-state index contributed by atoms with van der Waals surface area (Å²) in [5.41, 5.74) is 6.13. The third-order valence-electron chi connectivity index (χ3n) is 2.53. The van der Waals surface area contributed by atoms with Gasteiger partial charge < -0.3 is 20.5 Å². The fourth-order valence-electron chi connectivity index (χ4n) is 1.85. The van der Waals surface area contributed by atoms with Crippen molar-refractivity contribution in [1.82, 2.24) is 0 Å².